The van der Waals surface area contributed by atoms with Crippen molar-refractivity contribution in [1.29, 1.82) is 0 Å². The van der Waals surface area contributed by atoms with Gasteiger partial charge in [-0.3, -0.25) is 0 Å². The zero-order valence-electron chi connectivity index (χ0n) is 15.1. The van der Waals surface area contributed by atoms with Crippen LogP contribution < -0.4 is 9.47 Å². The van der Waals surface area contributed by atoms with Gasteiger partial charge < -0.3 is 19.7 Å². The van der Waals surface area contributed by atoms with Crippen LogP contribution in [-0.4, -0.2) is 41.5 Å². The molecule has 5 heteroatoms. The minimum atomic E-state index is -0.694. The smallest absolute Gasteiger partial charge is 0.122 e. The molecule has 0 aliphatic heterocycles. The fraction of sp³-hybridized carbons (Fsp3) is 0.429. The molecular formula is C21H27ClO4. The molecule has 0 amide bonds. The van der Waals surface area contributed by atoms with Crippen molar-refractivity contribution < 1.29 is 19.7 Å². The molecule has 0 saturated heterocycles. The molecule has 0 bridgehead atoms. The Morgan fingerprint density at radius 3 is 1.85 bits per heavy atom. The van der Waals surface area contributed by atoms with Crippen molar-refractivity contribution in [3.63, 3.8) is 0 Å². The van der Waals surface area contributed by atoms with Crippen LogP contribution in [0.5, 0.6) is 11.5 Å². The summed E-state index contributed by atoms with van der Waals surface area (Å²) in [5.41, 5.74) is 2.02. The molecule has 0 fully saturated rings. The van der Waals surface area contributed by atoms with Crippen LogP contribution in [0.25, 0.3) is 0 Å². The third-order valence-electron chi connectivity index (χ3n) is 3.99. The van der Waals surface area contributed by atoms with Crippen LogP contribution in [0.1, 0.15) is 30.9 Å². The average molecular weight is 379 g/mol. The van der Waals surface area contributed by atoms with Gasteiger partial charge in [-0.1, -0.05) is 49.7 Å². The first-order chi connectivity index (χ1) is 12.6. The van der Waals surface area contributed by atoms with Crippen molar-refractivity contribution in [3.05, 3.63) is 59.7 Å². The maximum atomic E-state index is 9.90. The van der Waals surface area contributed by atoms with Gasteiger partial charge in [0.2, 0.25) is 0 Å². The molecule has 0 spiro atoms. The van der Waals surface area contributed by atoms with Crippen LogP contribution in [0.4, 0.5) is 0 Å². The number of hydrogen-bond acceptors (Lipinski definition) is 4. The number of ether oxygens (including phenoxy) is 2. The van der Waals surface area contributed by atoms with Gasteiger partial charge >= 0.3 is 0 Å². The molecular weight excluding hydrogens is 352 g/mol. The summed E-state index contributed by atoms with van der Waals surface area (Å²) < 4.78 is 11.5. The number of alkyl halides is 1. The van der Waals surface area contributed by atoms with Gasteiger partial charge in [0.1, 0.15) is 30.8 Å². The minimum absolute atomic E-state index is 0.138. The first-order valence-corrected chi connectivity index (χ1v) is 9.51. The lowest BCUT2D eigenvalue weighted by Crippen LogP contribution is -2.19. The van der Waals surface area contributed by atoms with Crippen molar-refractivity contribution in [2.45, 2.75) is 38.4 Å². The summed E-state index contributed by atoms with van der Waals surface area (Å²) in [5.74, 6) is 1.62. The van der Waals surface area contributed by atoms with E-state index >= 15 is 0 Å². The Balaban J connectivity index is 2.09. The highest BCUT2D eigenvalue weighted by Gasteiger charge is 2.11. The third-order valence-corrected chi connectivity index (χ3v) is 4.34. The SMILES string of the molecule is CCCC(O)COc1ccccc1Cc1ccccc1OCC(O)CCl. The Kier molecular flexibility index (Phi) is 8.75. The van der Waals surface area contributed by atoms with Gasteiger partial charge in [-0.05, 0) is 29.7 Å². The van der Waals surface area contributed by atoms with Crippen LogP contribution in [0.3, 0.4) is 0 Å². The Hall–Kier alpha value is -1.75. The lowest BCUT2D eigenvalue weighted by molar-refractivity contribution is 0.0989. The van der Waals surface area contributed by atoms with Crippen LogP contribution in [0.15, 0.2) is 48.5 Å². The Bertz CT molecular complexity index is 662. The zero-order valence-corrected chi connectivity index (χ0v) is 15.9. The minimum Gasteiger partial charge on any atom is -0.491 e. The van der Waals surface area contributed by atoms with Crippen LogP contribution in [0, 0.1) is 0 Å². The van der Waals surface area contributed by atoms with E-state index in [2.05, 4.69) is 0 Å². The molecule has 2 rings (SSSR count). The highest BCUT2D eigenvalue weighted by molar-refractivity contribution is 6.18. The summed E-state index contributed by atoms with van der Waals surface area (Å²) >= 11 is 5.62. The largest absolute Gasteiger partial charge is 0.491 e. The standard InChI is InChI=1S/C21H27ClO4/c1-2-7-18(23)14-25-20-10-5-3-8-16(20)12-17-9-4-6-11-21(17)26-15-19(24)13-22/h3-6,8-11,18-19,23-24H,2,7,12-15H2,1H3. The van der Waals surface area contributed by atoms with Crippen LogP contribution in [0.2, 0.25) is 0 Å². The molecule has 26 heavy (non-hydrogen) atoms. The summed E-state index contributed by atoms with van der Waals surface area (Å²) in [7, 11) is 0. The number of halogens is 1. The van der Waals surface area contributed by atoms with E-state index in [9.17, 15) is 10.2 Å². The summed E-state index contributed by atoms with van der Waals surface area (Å²) in [6.45, 7) is 2.47. The number of benzene rings is 2. The fourth-order valence-electron chi connectivity index (χ4n) is 2.62. The van der Waals surface area contributed by atoms with E-state index in [1.807, 2.05) is 55.5 Å². The van der Waals surface area contributed by atoms with Gasteiger partial charge in [-0.25, -0.2) is 0 Å². The van der Waals surface area contributed by atoms with Gasteiger partial charge in [0.25, 0.3) is 0 Å². The second kappa shape index (κ2) is 11.1. The maximum Gasteiger partial charge on any atom is 0.122 e. The van der Waals surface area contributed by atoms with Crippen LogP contribution >= 0.6 is 11.6 Å². The second-order valence-electron chi connectivity index (χ2n) is 6.26. The summed E-state index contributed by atoms with van der Waals surface area (Å²) in [5, 5.41) is 19.5. The molecule has 0 saturated carbocycles. The third kappa shape index (κ3) is 6.52. The number of aliphatic hydroxyl groups is 2. The van der Waals surface area contributed by atoms with E-state index in [1.54, 1.807) is 0 Å². The van der Waals surface area contributed by atoms with Gasteiger partial charge in [-0.15, -0.1) is 11.6 Å². The highest BCUT2D eigenvalue weighted by atomic mass is 35.5. The van der Waals surface area contributed by atoms with E-state index in [-0.39, 0.29) is 19.1 Å². The molecule has 2 aromatic rings. The summed E-state index contributed by atoms with van der Waals surface area (Å²) in [6.07, 6.45) is 1.13. The number of para-hydroxylation sites is 2. The normalized spacial score (nSPS) is 13.2. The second-order valence-corrected chi connectivity index (χ2v) is 6.57. The first kappa shape index (κ1) is 20.6. The molecule has 0 radical (unpaired) electrons. The number of hydrogen-bond donors (Lipinski definition) is 2. The van der Waals surface area contributed by atoms with E-state index in [0.717, 1.165) is 35.5 Å². The zero-order chi connectivity index (χ0) is 18.8. The molecule has 2 aromatic carbocycles. The van der Waals surface area contributed by atoms with Gasteiger partial charge in [0.15, 0.2) is 0 Å². The van der Waals surface area contributed by atoms with Gasteiger partial charge in [0.05, 0.1) is 12.0 Å². The lowest BCUT2D eigenvalue weighted by Gasteiger charge is -2.16. The molecule has 0 aromatic heterocycles. The van der Waals surface area contributed by atoms with E-state index < -0.39 is 12.2 Å². The number of rotatable bonds is 11. The molecule has 0 aliphatic rings. The van der Waals surface area contributed by atoms with Crippen molar-refractivity contribution in [2.24, 2.45) is 0 Å². The Morgan fingerprint density at radius 2 is 1.35 bits per heavy atom. The van der Waals surface area contributed by atoms with Crippen molar-refractivity contribution in [1.82, 2.24) is 0 Å². The topological polar surface area (TPSA) is 58.9 Å². The van der Waals surface area contributed by atoms with Gasteiger partial charge in [-0.2, -0.15) is 0 Å². The molecule has 2 N–H and O–H groups in total. The van der Waals surface area contributed by atoms with Crippen LogP contribution in [-0.2, 0) is 6.42 Å². The predicted molar refractivity (Wildman–Crippen MR) is 104 cm³/mol. The monoisotopic (exact) mass is 378 g/mol. The highest BCUT2D eigenvalue weighted by Crippen LogP contribution is 2.27. The average Bonchev–Trinajstić information content (AvgIpc) is 2.66. The van der Waals surface area contributed by atoms with E-state index in [0.29, 0.717) is 6.42 Å². The first-order valence-electron chi connectivity index (χ1n) is 8.97. The molecule has 142 valence electrons. The van der Waals surface area contributed by atoms with Gasteiger partial charge in [0, 0.05) is 6.42 Å². The van der Waals surface area contributed by atoms with Crippen molar-refractivity contribution in [2.75, 3.05) is 19.1 Å². The fourth-order valence-corrected chi connectivity index (χ4v) is 2.71. The lowest BCUT2D eigenvalue weighted by atomic mass is 10.0. The summed E-state index contributed by atoms with van der Waals surface area (Å²) in [6, 6.07) is 15.5. The molecule has 0 aliphatic carbocycles. The quantitative estimate of drug-likeness (QED) is 0.584. The summed E-state index contributed by atoms with van der Waals surface area (Å²) in [4.78, 5) is 0. The van der Waals surface area contributed by atoms with Crippen molar-refractivity contribution >= 4 is 11.6 Å². The molecule has 4 nitrogen and oxygen atoms in total. The molecule has 2 unspecified atom stereocenters. The molecule has 2 atom stereocenters. The Labute approximate surface area is 160 Å². The Morgan fingerprint density at radius 1 is 0.846 bits per heavy atom. The number of aliphatic hydroxyl groups excluding tert-OH is 2. The maximum absolute atomic E-state index is 9.90. The van der Waals surface area contributed by atoms with Crippen molar-refractivity contribution in [3.8, 4) is 11.5 Å². The predicted octanol–water partition coefficient (Wildman–Crippen LogP) is 3.80. The van der Waals surface area contributed by atoms with E-state index in [4.69, 9.17) is 21.1 Å². The van der Waals surface area contributed by atoms with E-state index in [1.165, 1.54) is 0 Å². The molecule has 0 heterocycles.